The van der Waals surface area contributed by atoms with Crippen molar-refractivity contribution in [3.8, 4) is 0 Å². The van der Waals surface area contributed by atoms with Crippen molar-refractivity contribution in [2.45, 2.75) is 13.3 Å². The second-order valence-electron chi connectivity index (χ2n) is 4.97. The van der Waals surface area contributed by atoms with Crippen molar-refractivity contribution in [2.75, 3.05) is 43.1 Å². The summed E-state index contributed by atoms with van der Waals surface area (Å²) in [6.45, 7) is 5.56. The zero-order valence-corrected chi connectivity index (χ0v) is 11.8. The van der Waals surface area contributed by atoms with Crippen molar-refractivity contribution >= 4 is 17.4 Å². The molecule has 1 aromatic rings. The summed E-state index contributed by atoms with van der Waals surface area (Å²) in [5, 5.41) is 2.86. The minimum Gasteiger partial charge on any atom is -0.378 e. The number of hydrogen-bond acceptors (Lipinski definition) is 5. The number of nitrogens with two attached hydrogens (primary N) is 1. The van der Waals surface area contributed by atoms with Gasteiger partial charge in [0.25, 0.3) is 0 Å². The Hall–Kier alpha value is -1.66. The van der Waals surface area contributed by atoms with Gasteiger partial charge in [-0.25, -0.2) is 4.98 Å². The van der Waals surface area contributed by atoms with Crippen molar-refractivity contribution in [1.82, 2.24) is 4.98 Å². The SMILES string of the molecule is CC(CCN)C(=O)Nc1ccc(N2CCOCC2)nc1. The Kier molecular flexibility index (Phi) is 5.31. The lowest BCUT2D eigenvalue weighted by molar-refractivity contribution is -0.119. The highest BCUT2D eigenvalue weighted by atomic mass is 16.5. The number of nitrogens with one attached hydrogen (secondary N) is 1. The van der Waals surface area contributed by atoms with Gasteiger partial charge in [-0.2, -0.15) is 0 Å². The molecule has 3 N–H and O–H groups in total. The van der Waals surface area contributed by atoms with E-state index in [1.165, 1.54) is 0 Å². The van der Waals surface area contributed by atoms with Crippen LogP contribution in [0.25, 0.3) is 0 Å². The number of pyridine rings is 1. The molecule has 110 valence electrons. The van der Waals surface area contributed by atoms with Gasteiger partial charge in [-0.1, -0.05) is 6.92 Å². The van der Waals surface area contributed by atoms with E-state index in [1.54, 1.807) is 6.20 Å². The van der Waals surface area contributed by atoms with Crippen LogP contribution < -0.4 is 16.0 Å². The van der Waals surface area contributed by atoms with E-state index in [2.05, 4.69) is 15.2 Å². The average molecular weight is 278 g/mol. The normalized spacial score (nSPS) is 16.8. The maximum Gasteiger partial charge on any atom is 0.227 e. The molecule has 6 heteroatoms. The first-order chi connectivity index (χ1) is 9.70. The number of ether oxygens (including phenoxy) is 1. The van der Waals surface area contributed by atoms with Crippen LogP contribution in [0, 0.1) is 5.92 Å². The molecular formula is C14H22N4O2. The molecule has 2 rings (SSSR count). The summed E-state index contributed by atoms with van der Waals surface area (Å²) in [5.41, 5.74) is 6.17. The predicted octanol–water partition coefficient (Wildman–Crippen LogP) is 0.842. The highest BCUT2D eigenvalue weighted by Crippen LogP contribution is 2.16. The van der Waals surface area contributed by atoms with Crippen LogP contribution in [-0.2, 0) is 9.53 Å². The van der Waals surface area contributed by atoms with Crippen molar-refractivity contribution in [3.63, 3.8) is 0 Å². The van der Waals surface area contributed by atoms with Crippen molar-refractivity contribution in [3.05, 3.63) is 18.3 Å². The Morgan fingerprint density at radius 1 is 1.50 bits per heavy atom. The molecule has 1 aliphatic rings. The first-order valence-electron chi connectivity index (χ1n) is 7.00. The van der Waals surface area contributed by atoms with Crippen molar-refractivity contribution in [2.24, 2.45) is 11.7 Å². The number of rotatable bonds is 5. The predicted molar refractivity (Wildman–Crippen MR) is 78.7 cm³/mol. The molecule has 0 saturated carbocycles. The molecular weight excluding hydrogens is 256 g/mol. The van der Waals surface area contributed by atoms with Crippen LogP contribution in [0.1, 0.15) is 13.3 Å². The lowest BCUT2D eigenvalue weighted by Crippen LogP contribution is -2.36. The van der Waals surface area contributed by atoms with Gasteiger partial charge in [0.15, 0.2) is 0 Å². The number of aromatic nitrogens is 1. The third-order valence-corrected chi connectivity index (χ3v) is 3.40. The monoisotopic (exact) mass is 278 g/mol. The maximum absolute atomic E-state index is 11.9. The molecule has 6 nitrogen and oxygen atoms in total. The molecule has 0 spiro atoms. The van der Waals surface area contributed by atoms with E-state index in [9.17, 15) is 4.79 Å². The molecule has 0 aliphatic carbocycles. The minimum absolute atomic E-state index is 0.0172. The first-order valence-corrected chi connectivity index (χ1v) is 7.00. The highest BCUT2D eigenvalue weighted by Gasteiger charge is 2.14. The van der Waals surface area contributed by atoms with Gasteiger partial charge in [0, 0.05) is 19.0 Å². The fraction of sp³-hybridized carbons (Fsp3) is 0.571. The van der Waals surface area contributed by atoms with Crippen LogP contribution in [0.2, 0.25) is 0 Å². The molecule has 1 amide bonds. The van der Waals surface area contributed by atoms with Gasteiger partial charge in [0.05, 0.1) is 25.1 Å². The topological polar surface area (TPSA) is 80.5 Å². The van der Waals surface area contributed by atoms with E-state index >= 15 is 0 Å². The van der Waals surface area contributed by atoms with Crippen LogP contribution in [-0.4, -0.2) is 43.7 Å². The lowest BCUT2D eigenvalue weighted by Gasteiger charge is -2.27. The van der Waals surface area contributed by atoms with Crippen LogP contribution in [0.15, 0.2) is 18.3 Å². The largest absolute Gasteiger partial charge is 0.378 e. The maximum atomic E-state index is 11.9. The second kappa shape index (κ2) is 7.21. The van der Waals surface area contributed by atoms with E-state index < -0.39 is 0 Å². The summed E-state index contributed by atoms with van der Waals surface area (Å²) in [4.78, 5) is 18.4. The molecule has 0 aromatic carbocycles. The molecule has 2 heterocycles. The van der Waals surface area contributed by atoms with E-state index in [-0.39, 0.29) is 11.8 Å². The zero-order chi connectivity index (χ0) is 14.4. The van der Waals surface area contributed by atoms with Gasteiger partial charge in [0.2, 0.25) is 5.91 Å². The lowest BCUT2D eigenvalue weighted by atomic mass is 10.1. The van der Waals surface area contributed by atoms with Gasteiger partial charge >= 0.3 is 0 Å². The summed E-state index contributed by atoms with van der Waals surface area (Å²) in [7, 11) is 0. The fourth-order valence-electron chi connectivity index (χ4n) is 2.09. The van der Waals surface area contributed by atoms with E-state index in [1.807, 2.05) is 19.1 Å². The number of anilines is 2. The average Bonchev–Trinajstić information content (AvgIpc) is 2.49. The van der Waals surface area contributed by atoms with Gasteiger partial charge in [-0.05, 0) is 25.1 Å². The molecule has 0 radical (unpaired) electrons. The summed E-state index contributed by atoms with van der Waals surface area (Å²) in [5.74, 6) is 0.816. The summed E-state index contributed by atoms with van der Waals surface area (Å²) in [6.07, 6.45) is 2.38. The molecule has 1 atom stereocenters. The minimum atomic E-state index is -0.0843. The van der Waals surface area contributed by atoms with Gasteiger partial charge < -0.3 is 20.7 Å². The molecule has 1 aromatic heterocycles. The molecule has 1 unspecified atom stereocenters. The first kappa shape index (κ1) is 14.7. The standard InChI is InChI=1S/C14H22N4O2/c1-11(4-5-15)14(19)17-12-2-3-13(16-10-12)18-6-8-20-9-7-18/h2-3,10-11H,4-9,15H2,1H3,(H,17,19). The number of amides is 1. The summed E-state index contributed by atoms with van der Waals surface area (Å²) >= 11 is 0. The van der Waals surface area contributed by atoms with E-state index in [0.717, 1.165) is 37.8 Å². The van der Waals surface area contributed by atoms with Gasteiger partial charge in [-0.15, -0.1) is 0 Å². The Morgan fingerprint density at radius 3 is 2.85 bits per heavy atom. The Balaban J connectivity index is 1.92. The smallest absolute Gasteiger partial charge is 0.227 e. The number of carbonyl (C=O) groups is 1. The Bertz CT molecular complexity index is 429. The molecule has 20 heavy (non-hydrogen) atoms. The van der Waals surface area contributed by atoms with Crippen molar-refractivity contribution in [1.29, 1.82) is 0 Å². The zero-order valence-electron chi connectivity index (χ0n) is 11.8. The number of carbonyl (C=O) groups excluding carboxylic acids is 1. The van der Waals surface area contributed by atoms with Gasteiger partial charge in [0.1, 0.15) is 5.82 Å². The van der Waals surface area contributed by atoms with Gasteiger partial charge in [-0.3, -0.25) is 4.79 Å². The summed E-state index contributed by atoms with van der Waals surface area (Å²) < 4.78 is 5.31. The molecule has 0 bridgehead atoms. The number of hydrogen-bond donors (Lipinski definition) is 2. The van der Waals surface area contributed by atoms with Crippen molar-refractivity contribution < 1.29 is 9.53 Å². The Morgan fingerprint density at radius 2 is 2.25 bits per heavy atom. The van der Waals surface area contributed by atoms with E-state index in [0.29, 0.717) is 13.0 Å². The van der Waals surface area contributed by atoms with Crippen LogP contribution in [0.3, 0.4) is 0 Å². The number of morpholine rings is 1. The quantitative estimate of drug-likeness (QED) is 0.834. The molecule has 1 aliphatic heterocycles. The Labute approximate surface area is 119 Å². The molecule has 1 saturated heterocycles. The van der Waals surface area contributed by atoms with Crippen LogP contribution in [0.4, 0.5) is 11.5 Å². The number of nitrogens with zero attached hydrogens (tertiary/aromatic N) is 2. The van der Waals surface area contributed by atoms with Crippen LogP contribution in [0.5, 0.6) is 0 Å². The third-order valence-electron chi connectivity index (χ3n) is 3.40. The van der Waals surface area contributed by atoms with Crippen LogP contribution >= 0.6 is 0 Å². The highest BCUT2D eigenvalue weighted by molar-refractivity contribution is 5.92. The molecule has 1 fully saturated rings. The third kappa shape index (κ3) is 3.91. The second-order valence-corrected chi connectivity index (χ2v) is 4.97. The fourth-order valence-corrected chi connectivity index (χ4v) is 2.09. The summed E-state index contributed by atoms with van der Waals surface area (Å²) in [6, 6.07) is 3.80. The van der Waals surface area contributed by atoms with E-state index in [4.69, 9.17) is 10.5 Å².